The van der Waals surface area contributed by atoms with E-state index in [0.29, 0.717) is 24.0 Å². The molecule has 4 aromatic rings. The van der Waals surface area contributed by atoms with Crippen molar-refractivity contribution in [3.8, 4) is 0 Å². The van der Waals surface area contributed by atoms with Crippen LogP contribution < -0.4 is 0 Å². The first kappa shape index (κ1) is 47.9. The molecule has 0 unspecified atom stereocenters. The maximum atomic E-state index is 11.8. The smallest absolute Gasteiger partial charge is 0.744 e. The summed E-state index contributed by atoms with van der Waals surface area (Å²) in [7, 11) is -8.91. The fraction of sp³-hybridized carbons (Fsp3) is 0.545. The van der Waals surface area contributed by atoms with Crippen LogP contribution in [0.1, 0.15) is 153 Å². The third-order valence-corrected chi connectivity index (χ3v) is 11.8. The molecule has 4 rings (SSSR count). The van der Waals surface area contributed by atoms with Gasteiger partial charge in [-0.15, -0.1) is 0 Å². The van der Waals surface area contributed by atoms with Gasteiger partial charge in [0.1, 0.15) is 20.2 Å². The molecule has 0 fully saturated rings. The maximum Gasteiger partial charge on any atom is 2.00 e. The van der Waals surface area contributed by atoms with Crippen LogP contribution in [-0.2, 0) is 45.9 Å². The Morgan fingerprint density at radius 1 is 0.396 bits per heavy atom. The largest absolute Gasteiger partial charge is 2.00 e. The molecule has 0 N–H and O–H groups in total. The Kier molecular flexibility index (Phi) is 22.7. The van der Waals surface area contributed by atoms with E-state index < -0.39 is 20.2 Å². The van der Waals surface area contributed by atoms with E-state index in [-0.39, 0.29) is 58.7 Å². The topological polar surface area (TPSA) is 114 Å². The first-order chi connectivity index (χ1) is 24.9. The molecule has 53 heavy (non-hydrogen) atoms. The van der Waals surface area contributed by atoms with E-state index in [1.807, 2.05) is 24.3 Å². The Labute approximate surface area is 361 Å². The molecular weight excluding hydrogens is 826 g/mol. The van der Waals surface area contributed by atoms with Gasteiger partial charge in [-0.1, -0.05) is 141 Å². The number of benzene rings is 4. The van der Waals surface area contributed by atoms with Crippen LogP contribution in [0.4, 0.5) is 0 Å². The molecule has 0 saturated heterocycles. The van der Waals surface area contributed by atoms with Gasteiger partial charge in [0, 0.05) is 0 Å². The van der Waals surface area contributed by atoms with Gasteiger partial charge in [-0.2, -0.15) is 0 Å². The predicted octanol–water partition coefficient (Wildman–Crippen LogP) is 11.6. The standard InChI is InChI=1S/2C22H32O3S.Ba/c2*1-3-5-7-9-11-18-13-14-19-16-20(12-10-8-6-4-2)22(26(23,24)25)17-21(19)15-18;/h2*13-17H,3-12H2,1-2H3,(H,23,24,25);/q;;+2/p-2. The van der Waals surface area contributed by atoms with Crippen molar-refractivity contribution in [3.63, 3.8) is 0 Å². The Morgan fingerprint density at radius 2 is 0.717 bits per heavy atom. The van der Waals surface area contributed by atoms with E-state index >= 15 is 0 Å². The molecule has 9 heteroatoms. The average Bonchev–Trinajstić information content (AvgIpc) is 3.11. The summed E-state index contributed by atoms with van der Waals surface area (Å²) in [5, 5.41) is 3.73. The number of aryl methyl sites for hydroxylation is 4. The Bertz CT molecular complexity index is 1770. The van der Waals surface area contributed by atoms with Crippen molar-refractivity contribution in [1.29, 1.82) is 0 Å². The van der Waals surface area contributed by atoms with E-state index in [1.54, 1.807) is 12.1 Å². The zero-order chi connectivity index (χ0) is 38.0. The average molecular weight is 888 g/mol. The SMILES string of the molecule is CCCCCCc1ccc2cc(CCCCCC)c(S(=O)(=O)[O-])cc2c1.CCCCCCc1ccc2cc(CCCCCC)c(S(=O)(=O)[O-])cc2c1.[Ba+2]. The molecule has 0 aliphatic heterocycles. The van der Waals surface area contributed by atoms with Gasteiger partial charge < -0.3 is 9.11 Å². The van der Waals surface area contributed by atoms with Crippen molar-refractivity contribution < 1.29 is 25.9 Å². The minimum atomic E-state index is -4.45. The van der Waals surface area contributed by atoms with E-state index in [4.69, 9.17) is 0 Å². The van der Waals surface area contributed by atoms with Crippen LogP contribution in [0.25, 0.3) is 21.5 Å². The van der Waals surface area contributed by atoms with Gasteiger partial charge in [0.15, 0.2) is 0 Å². The zero-order valence-corrected chi connectivity index (χ0v) is 39.0. The fourth-order valence-electron chi connectivity index (χ4n) is 6.91. The summed E-state index contributed by atoms with van der Waals surface area (Å²) in [5.74, 6) is 0. The molecule has 0 radical (unpaired) electrons. The second-order valence-electron chi connectivity index (χ2n) is 14.4. The second-order valence-corrected chi connectivity index (χ2v) is 17.1. The van der Waals surface area contributed by atoms with Crippen LogP contribution in [0.2, 0.25) is 0 Å². The van der Waals surface area contributed by atoms with E-state index in [1.165, 1.54) is 49.7 Å². The summed E-state index contributed by atoms with van der Waals surface area (Å²) in [6, 6.07) is 19.4. The van der Waals surface area contributed by atoms with Crippen LogP contribution in [0.5, 0.6) is 0 Å². The summed E-state index contributed by atoms with van der Waals surface area (Å²) in [4.78, 5) is -0.0748. The zero-order valence-electron chi connectivity index (χ0n) is 32.9. The van der Waals surface area contributed by atoms with Crippen LogP contribution in [0, 0.1) is 0 Å². The van der Waals surface area contributed by atoms with Gasteiger partial charge in [0.2, 0.25) is 0 Å². The van der Waals surface area contributed by atoms with Crippen molar-refractivity contribution in [3.05, 3.63) is 82.9 Å². The molecule has 0 spiro atoms. The van der Waals surface area contributed by atoms with Crippen LogP contribution in [0.3, 0.4) is 0 Å². The molecule has 4 aromatic carbocycles. The third-order valence-electron chi connectivity index (χ3n) is 9.94. The van der Waals surface area contributed by atoms with Crippen molar-refractivity contribution in [2.75, 3.05) is 0 Å². The molecular formula is C44H62BaO6S2. The van der Waals surface area contributed by atoms with Gasteiger partial charge in [0.25, 0.3) is 0 Å². The summed E-state index contributed by atoms with van der Waals surface area (Å²) in [6.45, 7) is 8.67. The van der Waals surface area contributed by atoms with E-state index in [0.717, 1.165) is 98.6 Å². The van der Waals surface area contributed by atoms with Gasteiger partial charge >= 0.3 is 48.9 Å². The minimum Gasteiger partial charge on any atom is -0.744 e. The molecule has 0 amide bonds. The van der Waals surface area contributed by atoms with Crippen LogP contribution in [0.15, 0.2) is 70.5 Å². The number of unbranched alkanes of at least 4 members (excludes halogenated alkanes) is 12. The van der Waals surface area contributed by atoms with Crippen molar-refractivity contribution in [2.24, 2.45) is 0 Å². The summed E-state index contributed by atoms with van der Waals surface area (Å²) in [5.41, 5.74) is 3.75. The molecule has 0 heterocycles. The predicted molar refractivity (Wildman–Crippen MR) is 221 cm³/mol. The summed E-state index contributed by atoms with van der Waals surface area (Å²) < 4.78 is 70.6. The number of rotatable bonds is 22. The monoisotopic (exact) mass is 888 g/mol. The van der Waals surface area contributed by atoms with Crippen molar-refractivity contribution in [2.45, 2.75) is 166 Å². The van der Waals surface area contributed by atoms with Crippen LogP contribution >= 0.6 is 0 Å². The Balaban J connectivity index is 0.000000360. The third kappa shape index (κ3) is 16.8. The van der Waals surface area contributed by atoms with Gasteiger partial charge in [0.05, 0.1) is 9.79 Å². The Hall–Kier alpha value is -1.21. The summed E-state index contributed by atoms with van der Waals surface area (Å²) in [6.07, 6.45) is 21.4. The van der Waals surface area contributed by atoms with Crippen molar-refractivity contribution in [1.82, 2.24) is 0 Å². The quantitative estimate of drug-likeness (QED) is 0.0441. The van der Waals surface area contributed by atoms with Gasteiger partial charge in [-0.3, -0.25) is 0 Å². The Morgan fingerprint density at radius 3 is 1.02 bits per heavy atom. The molecule has 0 aliphatic rings. The molecule has 0 atom stereocenters. The fourth-order valence-corrected chi connectivity index (χ4v) is 8.42. The first-order valence-corrected chi connectivity index (χ1v) is 22.8. The number of hydrogen-bond donors (Lipinski definition) is 0. The molecule has 288 valence electrons. The normalized spacial score (nSPS) is 11.7. The molecule has 6 nitrogen and oxygen atoms in total. The van der Waals surface area contributed by atoms with E-state index in [2.05, 4.69) is 52.0 Å². The van der Waals surface area contributed by atoms with Gasteiger partial charge in [-0.05, 0) is 119 Å². The molecule has 0 saturated carbocycles. The first-order valence-electron chi connectivity index (χ1n) is 19.9. The summed E-state index contributed by atoms with van der Waals surface area (Å²) >= 11 is 0. The second kappa shape index (κ2) is 25.1. The number of hydrogen-bond acceptors (Lipinski definition) is 6. The minimum absolute atomic E-state index is 0. The molecule has 0 bridgehead atoms. The van der Waals surface area contributed by atoms with E-state index in [9.17, 15) is 25.9 Å². The molecule has 0 aromatic heterocycles. The van der Waals surface area contributed by atoms with Crippen molar-refractivity contribution >= 4 is 90.7 Å². The molecule has 0 aliphatic carbocycles. The maximum absolute atomic E-state index is 11.8. The van der Waals surface area contributed by atoms with Gasteiger partial charge in [-0.25, -0.2) is 16.8 Å². The van der Waals surface area contributed by atoms with Crippen LogP contribution in [-0.4, -0.2) is 74.8 Å². The number of fused-ring (bicyclic) bond motifs is 2.